The lowest BCUT2D eigenvalue weighted by molar-refractivity contribution is -0.121. The number of amidine groups is 1. The molecule has 2 aromatic heterocycles. The standard InChI is InChI=1S/C17H14N4OS/c1-2-10-21-16(22)15(11-13-6-3-4-9-19-13)23-17(21)20-14-7-5-8-18-12-14/h2-9,11-12H,1,10H2/b15-11-,20-17?. The van der Waals surface area contributed by atoms with E-state index in [-0.39, 0.29) is 5.91 Å². The maximum Gasteiger partial charge on any atom is 0.267 e. The van der Waals surface area contributed by atoms with Crippen molar-refractivity contribution < 1.29 is 4.79 Å². The Kier molecular flexibility index (Phi) is 4.63. The third kappa shape index (κ3) is 3.54. The maximum absolute atomic E-state index is 12.6. The number of nitrogens with zero attached hydrogens (tertiary/aromatic N) is 4. The second kappa shape index (κ2) is 7.02. The van der Waals surface area contributed by atoms with Crippen molar-refractivity contribution in [2.45, 2.75) is 0 Å². The second-order valence-electron chi connectivity index (χ2n) is 4.68. The highest BCUT2D eigenvalue weighted by molar-refractivity contribution is 8.18. The zero-order valence-corrected chi connectivity index (χ0v) is 13.1. The van der Waals surface area contributed by atoms with Gasteiger partial charge >= 0.3 is 0 Å². The van der Waals surface area contributed by atoms with E-state index < -0.39 is 0 Å². The Morgan fingerprint density at radius 1 is 1.26 bits per heavy atom. The summed E-state index contributed by atoms with van der Waals surface area (Å²) in [5, 5.41) is 0.616. The minimum absolute atomic E-state index is 0.0943. The number of carbonyl (C=O) groups excluding carboxylic acids is 1. The monoisotopic (exact) mass is 322 g/mol. The first-order valence-corrected chi connectivity index (χ1v) is 7.81. The largest absolute Gasteiger partial charge is 0.283 e. The highest BCUT2D eigenvalue weighted by Gasteiger charge is 2.32. The van der Waals surface area contributed by atoms with E-state index >= 15 is 0 Å². The van der Waals surface area contributed by atoms with Crippen LogP contribution in [0.1, 0.15) is 5.69 Å². The van der Waals surface area contributed by atoms with Gasteiger partial charge in [0.15, 0.2) is 5.17 Å². The van der Waals surface area contributed by atoms with E-state index in [0.717, 1.165) is 5.69 Å². The lowest BCUT2D eigenvalue weighted by Gasteiger charge is -2.12. The van der Waals surface area contributed by atoms with Crippen LogP contribution in [0.2, 0.25) is 0 Å². The van der Waals surface area contributed by atoms with E-state index in [2.05, 4.69) is 21.5 Å². The van der Waals surface area contributed by atoms with Crippen LogP contribution in [-0.4, -0.2) is 32.5 Å². The van der Waals surface area contributed by atoms with Crippen LogP contribution in [-0.2, 0) is 4.79 Å². The SMILES string of the molecule is C=CCN1C(=O)/C(=C/c2ccccn2)SC1=Nc1cccnc1. The molecule has 1 aliphatic rings. The Labute approximate surface area is 138 Å². The number of carbonyl (C=O) groups is 1. The molecule has 1 aliphatic heterocycles. The van der Waals surface area contributed by atoms with Crippen molar-refractivity contribution in [1.29, 1.82) is 0 Å². The van der Waals surface area contributed by atoms with Gasteiger partial charge in [-0.2, -0.15) is 0 Å². The molecule has 1 amide bonds. The molecule has 0 saturated carbocycles. The fourth-order valence-electron chi connectivity index (χ4n) is 2.01. The second-order valence-corrected chi connectivity index (χ2v) is 5.68. The molecule has 23 heavy (non-hydrogen) atoms. The smallest absolute Gasteiger partial charge is 0.267 e. The van der Waals surface area contributed by atoms with Gasteiger partial charge in [-0.15, -0.1) is 6.58 Å². The van der Waals surface area contributed by atoms with Gasteiger partial charge in [0.1, 0.15) is 0 Å². The number of hydrogen-bond donors (Lipinski definition) is 0. The highest BCUT2D eigenvalue weighted by atomic mass is 32.2. The molecule has 6 heteroatoms. The molecule has 0 N–H and O–H groups in total. The van der Waals surface area contributed by atoms with E-state index in [1.807, 2.05) is 30.3 Å². The first-order valence-electron chi connectivity index (χ1n) is 7.00. The van der Waals surface area contributed by atoms with Gasteiger partial charge in [0, 0.05) is 18.9 Å². The van der Waals surface area contributed by atoms with E-state index in [9.17, 15) is 4.79 Å². The summed E-state index contributed by atoms with van der Waals surface area (Å²) in [7, 11) is 0. The minimum Gasteiger partial charge on any atom is -0.283 e. The quantitative estimate of drug-likeness (QED) is 0.640. The van der Waals surface area contributed by atoms with E-state index in [1.165, 1.54) is 11.8 Å². The third-order valence-corrected chi connectivity index (χ3v) is 4.04. The molecule has 0 bridgehead atoms. The number of thioether (sulfide) groups is 1. The van der Waals surface area contributed by atoms with Crippen LogP contribution in [0, 0.1) is 0 Å². The van der Waals surface area contributed by atoms with Crippen LogP contribution >= 0.6 is 11.8 Å². The van der Waals surface area contributed by atoms with Crippen molar-refractivity contribution in [3.05, 3.63) is 72.2 Å². The van der Waals surface area contributed by atoms with Gasteiger partial charge in [-0.1, -0.05) is 12.1 Å². The summed E-state index contributed by atoms with van der Waals surface area (Å²) >= 11 is 1.33. The number of hydrogen-bond acceptors (Lipinski definition) is 5. The molecule has 0 aromatic carbocycles. The summed E-state index contributed by atoms with van der Waals surface area (Å²) in [6.07, 6.45) is 8.49. The van der Waals surface area contributed by atoms with Crippen LogP contribution in [0.15, 0.2) is 71.5 Å². The minimum atomic E-state index is -0.0943. The van der Waals surface area contributed by atoms with Gasteiger partial charge in [0.2, 0.25) is 0 Å². The summed E-state index contributed by atoms with van der Waals surface area (Å²) in [5.74, 6) is -0.0943. The third-order valence-electron chi connectivity index (χ3n) is 3.04. The summed E-state index contributed by atoms with van der Waals surface area (Å²) < 4.78 is 0. The molecule has 0 atom stereocenters. The molecule has 0 aliphatic carbocycles. The predicted molar refractivity (Wildman–Crippen MR) is 93.0 cm³/mol. The number of rotatable bonds is 4. The molecule has 0 radical (unpaired) electrons. The van der Waals surface area contributed by atoms with Crippen molar-refractivity contribution in [3.63, 3.8) is 0 Å². The topological polar surface area (TPSA) is 58.5 Å². The van der Waals surface area contributed by atoms with Gasteiger partial charge in [0.25, 0.3) is 5.91 Å². The van der Waals surface area contributed by atoms with Crippen LogP contribution < -0.4 is 0 Å². The van der Waals surface area contributed by atoms with Crippen LogP contribution in [0.25, 0.3) is 6.08 Å². The molecule has 3 heterocycles. The van der Waals surface area contributed by atoms with E-state index in [0.29, 0.717) is 22.3 Å². The van der Waals surface area contributed by atoms with Crippen molar-refractivity contribution in [1.82, 2.24) is 14.9 Å². The summed E-state index contributed by atoms with van der Waals surface area (Å²) in [6, 6.07) is 9.23. The Balaban J connectivity index is 1.94. The molecule has 1 fully saturated rings. The van der Waals surface area contributed by atoms with Gasteiger partial charge in [0.05, 0.1) is 22.5 Å². The fraction of sp³-hybridized carbons (Fsp3) is 0.0588. The molecule has 5 nitrogen and oxygen atoms in total. The van der Waals surface area contributed by atoms with Crippen LogP contribution in [0.5, 0.6) is 0 Å². The molecule has 1 saturated heterocycles. The van der Waals surface area contributed by atoms with E-state index in [1.54, 1.807) is 35.6 Å². The summed E-state index contributed by atoms with van der Waals surface area (Å²) in [5.41, 5.74) is 1.44. The van der Waals surface area contributed by atoms with Gasteiger partial charge in [-0.25, -0.2) is 4.99 Å². The number of amides is 1. The predicted octanol–water partition coefficient (Wildman–Crippen LogP) is 3.27. The first-order chi connectivity index (χ1) is 11.3. The first kappa shape index (κ1) is 15.2. The van der Waals surface area contributed by atoms with Crippen LogP contribution in [0.4, 0.5) is 5.69 Å². The van der Waals surface area contributed by atoms with Crippen molar-refractivity contribution in [2.75, 3.05) is 6.54 Å². The fourth-order valence-corrected chi connectivity index (χ4v) is 3.00. The highest BCUT2D eigenvalue weighted by Crippen LogP contribution is 2.33. The lowest BCUT2D eigenvalue weighted by atomic mass is 10.3. The number of aromatic nitrogens is 2. The van der Waals surface area contributed by atoms with Crippen molar-refractivity contribution in [3.8, 4) is 0 Å². The molecule has 2 aromatic rings. The Hall–Kier alpha value is -2.73. The van der Waals surface area contributed by atoms with Gasteiger partial charge < -0.3 is 0 Å². The average molecular weight is 322 g/mol. The Morgan fingerprint density at radius 3 is 2.87 bits per heavy atom. The zero-order chi connectivity index (χ0) is 16.1. The van der Waals surface area contributed by atoms with Crippen LogP contribution in [0.3, 0.4) is 0 Å². The van der Waals surface area contributed by atoms with Gasteiger partial charge in [-0.05, 0) is 42.1 Å². The molecular weight excluding hydrogens is 308 g/mol. The molecule has 114 valence electrons. The zero-order valence-electron chi connectivity index (χ0n) is 12.3. The molecule has 0 unspecified atom stereocenters. The summed E-state index contributed by atoms with van der Waals surface area (Å²) in [4.78, 5) is 27.5. The normalized spacial score (nSPS) is 17.9. The number of aliphatic imine (C=N–C) groups is 1. The Morgan fingerprint density at radius 2 is 2.17 bits per heavy atom. The summed E-state index contributed by atoms with van der Waals surface area (Å²) in [6.45, 7) is 4.11. The number of pyridine rings is 2. The molecule has 0 spiro atoms. The molecular formula is C17H14N4OS. The van der Waals surface area contributed by atoms with Gasteiger partial charge in [-0.3, -0.25) is 19.7 Å². The lowest BCUT2D eigenvalue weighted by Crippen LogP contribution is -2.29. The van der Waals surface area contributed by atoms with E-state index in [4.69, 9.17) is 0 Å². The molecule has 3 rings (SSSR count). The maximum atomic E-state index is 12.6. The van der Waals surface area contributed by atoms with Crippen molar-refractivity contribution in [2.24, 2.45) is 4.99 Å². The van der Waals surface area contributed by atoms with Crippen molar-refractivity contribution >= 4 is 34.6 Å². The average Bonchev–Trinajstić information content (AvgIpc) is 2.86. The Bertz CT molecular complexity index is 772.